The number of aliphatic hydroxyl groups is 1. The number of carbonyl (C=O) groups excluding carboxylic acids is 1. The van der Waals surface area contributed by atoms with Crippen molar-refractivity contribution in [3.05, 3.63) is 65.1 Å². The molecule has 156 valence electrons. The number of halogens is 2. The number of aliphatic hydroxyl groups excluding tert-OH is 1. The molecule has 1 saturated carbocycles. The molecule has 7 nitrogen and oxygen atoms in total. The Kier molecular flexibility index (Phi) is 5.71. The second kappa shape index (κ2) is 8.58. The molecule has 1 aliphatic carbocycles. The monoisotopic (exact) mass is 415 g/mol. The lowest BCUT2D eigenvalue weighted by atomic mass is 10.1. The topological polar surface area (TPSA) is 97.5 Å². The Bertz CT molecular complexity index is 1050. The van der Waals surface area contributed by atoms with Crippen molar-refractivity contribution in [3.8, 4) is 17.1 Å². The lowest BCUT2D eigenvalue weighted by Gasteiger charge is -2.08. The van der Waals surface area contributed by atoms with Crippen LogP contribution in [0, 0.1) is 17.6 Å². The Labute approximate surface area is 170 Å². The molecule has 30 heavy (non-hydrogen) atoms. The summed E-state index contributed by atoms with van der Waals surface area (Å²) >= 11 is 0. The van der Waals surface area contributed by atoms with Crippen molar-refractivity contribution in [3.63, 3.8) is 0 Å². The van der Waals surface area contributed by atoms with E-state index < -0.39 is 18.2 Å². The zero-order valence-corrected chi connectivity index (χ0v) is 15.9. The van der Waals surface area contributed by atoms with E-state index in [1.807, 2.05) is 0 Å². The summed E-state index contributed by atoms with van der Waals surface area (Å²) in [6.07, 6.45) is 3.71. The number of nitrogens with zero attached hydrogens (tertiary/aromatic N) is 2. The molecule has 2 N–H and O–H groups in total. The van der Waals surface area contributed by atoms with E-state index in [-0.39, 0.29) is 35.4 Å². The fourth-order valence-electron chi connectivity index (χ4n) is 2.89. The van der Waals surface area contributed by atoms with E-state index in [1.54, 1.807) is 12.1 Å². The highest BCUT2D eigenvalue weighted by Gasteiger charge is 2.22. The third-order valence-corrected chi connectivity index (χ3v) is 4.82. The normalized spacial score (nSPS) is 13.3. The van der Waals surface area contributed by atoms with Crippen LogP contribution in [0.2, 0.25) is 0 Å². The Balaban J connectivity index is 1.45. The smallest absolute Gasteiger partial charge is 0.252 e. The minimum absolute atomic E-state index is 0.0755. The van der Waals surface area contributed by atoms with Crippen molar-refractivity contribution >= 4 is 5.91 Å². The quantitative estimate of drug-likeness (QED) is 0.586. The van der Waals surface area contributed by atoms with Crippen molar-refractivity contribution in [2.24, 2.45) is 5.92 Å². The Hall–Kier alpha value is -3.33. The van der Waals surface area contributed by atoms with Gasteiger partial charge in [-0.1, -0.05) is 5.16 Å². The van der Waals surface area contributed by atoms with Gasteiger partial charge in [0.05, 0.1) is 11.1 Å². The summed E-state index contributed by atoms with van der Waals surface area (Å²) in [5.41, 5.74) is 1.32. The third-order valence-electron chi connectivity index (χ3n) is 4.82. The Morgan fingerprint density at radius 3 is 2.73 bits per heavy atom. The molecule has 2 heterocycles. The van der Waals surface area contributed by atoms with E-state index in [1.165, 1.54) is 12.3 Å². The van der Waals surface area contributed by atoms with Gasteiger partial charge in [0.15, 0.2) is 17.4 Å². The van der Waals surface area contributed by atoms with Crippen LogP contribution in [0.3, 0.4) is 0 Å². The van der Waals surface area contributed by atoms with Crippen LogP contribution in [0.4, 0.5) is 8.78 Å². The molecule has 1 aromatic carbocycles. The van der Waals surface area contributed by atoms with E-state index in [2.05, 4.69) is 15.5 Å². The van der Waals surface area contributed by atoms with E-state index in [4.69, 9.17) is 9.26 Å². The zero-order chi connectivity index (χ0) is 21.1. The SMILES string of the molecule is O=C(NCC1CC1)c1ccc(OCc2c(-c3ccc(F)c(F)c3)noc2CO)nc1. The number of carbonyl (C=O) groups is 1. The second-order valence-corrected chi connectivity index (χ2v) is 7.05. The standard InChI is InChI=1S/C21H19F2N3O4/c22-16-5-3-13(7-17(16)23)20-15(18(10-27)30-26-20)11-29-19-6-4-14(9-24-19)21(28)25-8-12-1-2-12/h3-7,9,12,27H,1-2,8,10-11H2,(H,25,28). The molecular weight excluding hydrogens is 396 g/mol. The van der Waals surface area contributed by atoms with Crippen molar-refractivity contribution in [1.29, 1.82) is 0 Å². The van der Waals surface area contributed by atoms with Crippen LogP contribution in [-0.2, 0) is 13.2 Å². The van der Waals surface area contributed by atoms with Crippen molar-refractivity contribution in [2.75, 3.05) is 6.54 Å². The second-order valence-electron chi connectivity index (χ2n) is 7.05. The zero-order valence-electron chi connectivity index (χ0n) is 15.9. The highest BCUT2D eigenvalue weighted by Crippen LogP contribution is 2.29. The number of nitrogens with one attached hydrogen (secondary N) is 1. The molecule has 0 unspecified atom stereocenters. The summed E-state index contributed by atoms with van der Waals surface area (Å²) in [7, 11) is 0. The fraction of sp³-hybridized carbons (Fsp3) is 0.286. The predicted octanol–water partition coefficient (Wildman–Crippen LogP) is 3.23. The summed E-state index contributed by atoms with van der Waals surface area (Å²) in [6.45, 7) is 0.151. The number of amides is 1. The van der Waals surface area contributed by atoms with E-state index in [9.17, 15) is 18.7 Å². The predicted molar refractivity (Wildman–Crippen MR) is 101 cm³/mol. The van der Waals surface area contributed by atoms with Crippen LogP contribution in [0.1, 0.15) is 34.5 Å². The summed E-state index contributed by atoms with van der Waals surface area (Å²) in [4.78, 5) is 16.2. The molecule has 0 aliphatic heterocycles. The molecule has 3 aromatic rings. The van der Waals surface area contributed by atoms with Gasteiger partial charge in [-0.3, -0.25) is 4.79 Å². The summed E-state index contributed by atoms with van der Waals surface area (Å²) in [6, 6.07) is 6.48. The van der Waals surface area contributed by atoms with Crippen LogP contribution in [0.5, 0.6) is 5.88 Å². The molecule has 0 atom stereocenters. The first kappa shape index (κ1) is 20.0. The molecule has 1 amide bonds. The van der Waals surface area contributed by atoms with Gasteiger partial charge >= 0.3 is 0 Å². The lowest BCUT2D eigenvalue weighted by molar-refractivity contribution is 0.0951. The van der Waals surface area contributed by atoms with E-state index in [0.29, 0.717) is 23.6 Å². The third kappa shape index (κ3) is 4.46. The number of rotatable bonds is 8. The molecule has 0 radical (unpaired) electrons. The van der Waals surface area contributed by atoms with Gasteiger partial charge in [0.25, 0.3) is 5.91 Å². The first-order chi connectivity index (χ1) is 14.5. The molecule has 4 rings (SSSR count). The largest absolute Gasteiger partial charge is 0.473 e. The minimum atomic E-state index is -1.02. The van der Waals surface area contributed by atoms with Crippen molar-refractivity contribution in [2.45, 2.75) is 26.1 Å². The van der Waals surface area contributed by atoms with Gasteiger partial charge in [-0.25, -0.2) is 13.8 Å². The molecular formula is C21H19F2N3O4. The molecule has 1 fully saturated rings. The summed E-state index contributed by atoms with van der Waals surface area (Å²) in [5.74, 6) is -1.22. The molecule has 0 spiro atoms. The summed E-state index contributed by atoms with van der Waals surface area (Å²) < 4.78 is 37.5. The van der Waals surface area contributed by atoms with Gasteiger partial charge in [-0.05, 0) is 43.0 Å². The van der Waals surface area contributed by atoms with Gasteiger partial charge in [-0.2, -0.15) is 0 Å². The first-order valence-electron chi connectivity index (χ1n) is 9.46. The van der Waals surface area contributed by atoms with E-state index >= 15 is 0 Å². The molecule has 0 saturated heterocycles. The highest BCUT2D eigenvalue weighted by atomic mass is 19.2. The fourth-order valence-corrected chi connectivity index (χ4v) is 2.89. The lowest BCUT2D eigenvalue weighted by Crippen LogP contribution is -2.25. The minimum Gasteiger partial charge on any atom is -0.473 e. The van der Waals surface area contributed by atoms with Gasteiger partial charge in [0.1, 0.15) is 18.9 Å². The number of hydrogen-bond acceptors (Lipinski definition) is 6. The number of benzene rings is 1. The average molecular weight is 415 g/mol. The van der Waals surface area contributed by atoms with Crippen molar-refractivity contribution in [1.82, 2.24) is 15.5 Å². The maximum atomic E-state index is 13.6. The van der Waals surface area contributed by atoms with Crippen molar-refractivity contribution < 1.29 is 27.9 Å². The van der Waals surface area contributed by atoms with Crippen LogP contribution in [-0.4, -0.2) is 27.7 Å². The number of ether oxygens (including phenoxy) is 1. The number of hydrogen-bond donors (Lipinski definition) is 2. The van der Waals surface area contributed by atoms with Gasteiger partial charge < -0.3 is 19.7 Å². The molecule has 0 bridgehead atoms. The molecule has 9 heteroatoms. The first-order valence-corrected chi connectivity index (χ1v) is 9.46. The Morgan fingerprint density at radius 1 is 1.23 bits per heavy atom. The van der Waals surface area contributed by atoms with E-state index in [0.717, 1.165) is 25.0 Å². The van der Waals surface area contributed by atoms with Gasteiger partial charge in [0.2, 0.25) is 5.88 Å². The highest BCUT2D eigenvalue weighted by molar-refractivity contribution is 5.93. The maximum absolute atomic E-state index is 13.6. The Morgan fingerprint density at radius 2 is 2.07 bits per heavy atom. The number of pyridine rings is 1. The van der Waals surface area contributed by atoms with Crippen LogP contribution in [0.25, 0.3) is 11.3 Å². The van der Waals surface area contributed by atoms with Crippen LogP contribution >= 0.6 is 0 Å². The van der Waals surface area contributed by atoms with Gasteiger partial charge in [-0.15, -0.1) is 0 Å². The molecule has 2 aromatic heterocycles. The number of aromatic nitrogens is 2. The van der Waals surface area contributed by atoms with Gasteiger partial charge in [0, 0.05) is 24.4 Å². The van der Waals surface area contributed by atoms with Crippen LogP contribution in [0.15, 0.2) is 41.1 Å². The van der Waals surface area contributed by atoms with Crippen LogP contribution < -0.4 is 10.1 Å². The average Bonchev–Trinajstić information content (AvgIpc) is 3.50. The molecule has 1 aliphatic rings. The maximum Gasteiger partial charge on any atom is 0.252 e. The summed E-state index contributed by atoms with van der Waals surface area (Å²) in [5, 5.41) is 16.2.